The molecule has 0 aliphatic heterocycles. The zero-order valence-electron chi connectivity index (χ0n) is 14.1. The van der Waals surface area contributed by atoms with Crippen molar-refractivity contribution < 1.29 is 31.1 Å². The van der Waals surface area contributed by atoms with Gasteiger partial charge in [-0.05, 0) is 43.3 Å². The number of alkyl halides is 3. The third-order valence-electron chi connectivity index (χ3n) is 3.27. The van der Waals surface area contributed by atoms with E-state index in [0.717, 1.165) is 0 Å². The van der Waals surface area contributed by atoms with Crippen LogP contribution in [-0.2, 0) is 14.8 Å². The minimum absolute atomic E-state index is 0.0370. The highest BCUT2D eigenvalue weighted by Gasteiger charge is 2.47. The Morgan fingerprint density at radius 2 is 1.64 bits per heavy atom. The molecule has 0 radical (unpaired) electrons. The van der Waals surface area contributed by atoms with Crippen molar-refractivity contribution in [2.24, 2.45) is 0 Å². The van der Waals surface area contributed by atoms with Crippen LogP contribution in [0.3, 0.4) is 0 Å². The zero-order chi connectivity index (χ0) is 21.1. The van der Waals surface area contributed by atoms with Crippen molar-refractivity contribution in [2.75, 3.05) is 6.61 Å². The van der Waals surface area contributed by atoms with Crippen LogP contribution in [0.2, 0.25) is 15.1 Å². The molecular weight excluding hydrogens is 466 g/mol. The maximum absolute atomic E-state index is 12.8. The van der Waals surface area contributed by atoms with E-state index in [1.54, 1.807) is 0 Å². The van der Waals surface area contributed by atoms with E-state index in [1.807, 2.05) is 0 Å². The molecule has 5 nitrogen and oxygen atoms in total. The summed E-state index contributed by atoms with van der Waals surface area (Å²) >= 11 is 17.8. The fourth-order valence-electron chi connectivity index (χ4n) is 2.05. The number of benzene rings is 2. The molecule has 2 aromatic rings. The van der Waals surface area contributed by atoms with E-state index in [-0.39, 0.29) is 33.7 Å². The maximum Gasteiger partial charge on any atom is 0.511 e. The molecular formula is C16H13Cl3F3NO4S. The van der Waals surface area contributed by atoms with Crippen LogP contribution in [0, 0.1) is 0 Å². The molecule has 0 bridgehead atoms. The highest BCUT2D eigenvalue weighted by atomic mass is 35.5. The number of ether oxygens (including phenoxy) is 2. The van der Waals surface area contributed by atoms with E-state index >= 15 is 0 Å². The normalized spacial score (nSPS) is 13.4. The number of sulfonamides is 1. The second kappa shape index (κ2) is 9.06. The maximum atomic E-state index is 12.8. The first-order valence-electron chi connectivity index (χ1n) is 7.57. The molecule has 28 heavy (non-hydrogen) atoms. The first kappa shape index (κ1) is 23.1. The highest BCUT2D eigenvalue weighted by molar-refractivity contribution is 7.90. The van der Waals surface area contributed by atoms with Crippen LogP contribution in [0.5, 0.6) is 11.5 Å². The van der Waals surface area contributed by atoms with Crippen molar-refractivity contribution >= 4 is 44.8 Å². The van der Waals surface area contributed by atoms with Crippen molar-refractivity contribution in [3.05, 3.63) is 57.0 Å². The minimum Gasteiger partial charge on any atom is -0.455 e. The summed E-state index contributed by atoms with van der Waals surface area (Å²) in [5.41, 5.74) is -5.56. The number of hydrogen-bond donors (Lipinski definition) is 1. The van der Waals surface area contributed by atoms with Gasteiger partial charge in [-0.15, -0.1) is 0 Å². The van der Waals surface area contributed by atoms with E-state index < -0.39 is 21.8 Å². The van der Waals surface area contributed by atoms with Gasteiger partial charge in [0.15, 0.2) is 6.23 Å². The van der Waals surface area contributed by atoms with Crippen LogP contribution in [0.25, 0.3) is 0 Å². The first-order valence-corrected chi connectivity index (χ1v) is 10.2. The van der Waals surface area contributed by atoms with Crippen molar-refractivity contribution in [1.29, 1.82) is 0 Å². The third kappa shape index (κ3) is 5.65. The predicted octanol–water partition coefficient (Wildman–Crippen LogP) is 5.91. The van der Waals surface area contributed by atoms with Crippen LogP contribution in [-0.4, -0.2) is 20.5 Å². The summed E-state index contributed by atoms with van der Waals surface area (Å²) in [5.74, 6) is 0.0727. The summed E-state index contributed by atoms with van der Waals surface area (Å²) in [7, 11) is -5.69. The number of hydrogen-bond acceptors (Lipinski definition) is 4. The number of rotatable bonds is 7. The lowest BCUT2D eigenvalue weighted by molar-refractivity contribution is -0.0481. The van der Waals surface area contributed by atoms with Crippen LogP contribution >= 0.6 is 34.8 Å². The lowest BCUT2D eigenvalue weighted by Gasteiger charge is -2.22. The summed E-state index contributed by atoms with van der Waals surface area (Å²) in [4.78, 5) is 0. The molecule has 1 atom stereocenters. The minimum atomic E-state index is -5.69. The van der Waals surface area contributed by atoms with Gasteiger partial charge in [-0.2, -0.15) is 17.9 Å². The summed E-state index contributed by atoms with van der Waals surface area (Å²) in [6.07, 6.45) is -1.69. The Hall–Kier alpha value is -1.23. The summed E-state index contributed by atoms with van der Waals surface area (Å²) < 4.78 is 73.6. The molecule has 1 N–H and O–H groups in total. The van der Waals surface area contributed by atoms with Crippen LogP contribution < -0.4 is 9.46 Å². The molecule has 0 heterocycles. The lowest BCUT2D eigenvalue weighted by Crippen LogP contribution is -2.39. The van der Waals surface area contributed by atoms with Gasteiger partial charge in [-0.25, -0.2) is 8.42 Å². The Morgan fingerprint density at radius 3 is 2.21 bits per heavy atom. The summed E-state index contributed by atoms with van der Waals surface area (Å²) in [6.45, 7) is 1.40. The third-order valence-corrected chi connectivity index (χ3v) is 5.17. The molecule has 154 valence electrons. The molecule has 1 unspecified atom stereocenters. The molecule has 0 fully saturated rings. The quantitative estimate of drug-likeness (QED) is 0.502. The van der Waals surface area contributed by atoms with E-state index in [0.29, 0.717) is 5.02 Å². The van der Waals surface area contributed by atoms with Crippen LogP contribution in [0.1, 0.15) is 18.7 Å². The van der Waals surface area contributed by atoms with E-state index in [4.69, 9.17) is 44.3 Å². The Balaban J connectivity index is 2.47. The van der Waals surface area contributed by atoms with Crippen molar-refractivity contribution in [1.82, 2.24) is 4.72 Å². The van der Waals surface area contributed by atoms with Crippen molar-refractivity contribution in [2.45, 2.75) is 18.7 Å². The Morgan fingerprint density at radius 1 is 1.04 bits per heavy atom. The smallest absolute Gasteiger partial charge is 0.455 e. The van der Waals surface area contributed by atoms with Gasteiger partial charge in [0.2, 0.25) is 0 Å². The largest absolute Gasteiger partial charge is 0.511 e. The molecule has 12 heteroatoms. The second-order valence-corrected chi connectivity index (χ2v) is 8.25. The molecule has 0 aliphatic carbocycles. The van der Waals surface area contributed by atoms with Gasteiger partial charge in [0.05, 0.1) is 5.02 Å². The topological polar surface area (TPSA) is 64.6 Å². The standard InChI is InChI=1S/C16H13Cl3F3NO4S/c1-2-26-15(23-28(24,25)16(20,21)22)11-5-3-10(18)8-14(11)27-13-6-4-9(17)7-12(13)19/h3-8,15,23H,2H2,1H3. The van der Waals surface area contributed by atoms with Gasteiger partial charge in [0.1, 0.15) is 11.5 Å². The van der Waals surface area contributed by atoms with Gasteiger partial charge in [-0.3, -0.25) is 0 Å². The molecule has 2 aromatic carbocycles. The molecule has 0 aromatic heterocycles. The second-order valence-electron chi connectivity index (χ2n) is 5.26. The first-order chi connectivity index (χ1) is 12.9. The molecule has 0 aliphatic rings. The molecule has 2 rings (SSSR count). The number of halogens is 6. The number of nitrogens with one attached hydrogen (secondary N) is 1. The average Bonchev–Trinajstić information content (AvgIpc) is 2.56. The summed E-state index contributed by atoms with van der Waals surface area (Å²) in [5, 5.41) is 0.661. The van der Waals surface area contributed by atoms with E-state index in [2.05, 4.69) is 0 Å². The monoisotopic (exact) mass is 477 g/mol. The fourth-order valence-corrected chi connectivity index (χ4v) is 3.27. The summed E-state index contributed by atoms with van der Waals surface area (Å²) in [6, 6.07) is 8.23. The van der Waals surface area contributed by atoms with Gasteiger partial charge >= 0.3 is 15.5 Å². The fraction of sp³-hybridized carbons (Fsp3) is 0.250. The lowest BCUT2D eigenvalue weighted by atomic mass is 10.1. The van der Waals surface area contributed by atoms with E-state index in [1.165, 1.54) is 48.0 Å². The molecule has 0 amide bonds. The van der Waals surface area contributed by atoms with Gasteiger partial charge in [-0.1, -0.05) is 34.8 Å². The average molecular weight is 479 g/mol. The van der Waals surface area contributed by atoms with Gasteiger partial charge in [0, 0.05) is 22.2 Å². The Kier molecular flexibility index (Phi) is 7.46. The zero-order valence-corrected chi connectivity index (χ0v) is 17.1. The molecule has 0 saturated carbocycles. The Bertz CT molecular complexity index is 955. The van der Waals surface area contributed by atoms with Crippen LogP contribution in [0.4, 0.5) is 13.2 Å². The van der Waals surface area contributed by atoms with Gasteiger partial charge in [0.25, 0.3) is 0 Å². The molecule has 0 spiro atoms. The van der Waals surface area contributed by atoms with Gasteiger partial charge < -0.3 is 9.47 Å². The van der Waals surface area contributed by atoms with Crippen molar-refractivity contribution in [3.8, 4) is 11.5 Å². The molecule has 0 saturated heterocycles. The SMILES string of the molecule is CCOC(NS(=O)(=O)C(F)(F)F)c1ccc(Cl)cc1Oc1ccc(Cl)cc1Cl. The Labute approximate surface area is 174 Å². The van der Waals surface area contributed by atoms with E-state index in [9.17, 15) is 21.6 Å². The highest BCUT2D eigenvalue weighted by Crippen LogP contribution is 2.37. The van der Waals surface area contributed by atoms with Crippen molar-refractivity contribution in [3.63, 3.8) is 0 Å². The van der Waals surface area contributed by atoms with Crippen LogP contribution in [0.15, 0.2) is 36.4 Å². The predicted molar refractivity (Wildman–Crippen MR) is 100 cm³/mol.